The van der Waals surface area contributed by atoms with Gasteiger partial charge in [0.15, 0.2) is 0 Å². The lowest BCUT2D eigenvalue weighted by atomic mass is 9.98. The lowest BCUT2D eigenvalue weighted by Gasteiger charge is -2.32. The van der Waals surface area contributed by atoms with E-state index in [1.807, 2.05) is 25.3 Å². The summed E-state index contributed by atoms with van der Waals surface area (Å²) in [4.78, 5) is 25.8. The number of amides is 1. The number of halogens is 4. The zero-order valence-electron chi connectivity index (χ0n) is 17.0. The van der Waals surface area contributed by atoms with Crippen molar-refractivity contribution in [2.24, 2.45) is 0 Å². The third-order valence-electron chi connectivity index (χ3n) is 5.42. The molecule has 9 heteroatoms. The van der Waals surface area contributed by atoms with Crippen molar-refractivity contribution in [2.45, 2.75) is 26.1 Å². The molecule has 0 aliphatic carbocycles. The fraction of sp³-hybridized carbons (Fsp3) is 0.318. The predicted octanol–water partition coefficient (Wildman–Crippen LogP) is 4.50. The molecule has 0 saturated heterocycles. The van der Waals surface area contributed by atoms with Crippen LogP contribution in [-0.2, 0) is 19.1 Å². The molecule has 0 radical (unpaired) electrons. The van der Waals surface area contributed by atoms with Crippen molar-refractivity contribution < 1.29 is 18.0 Å². The summed E-state index contributed by atoms with van der Waals surface area (Å²) in [5.74, 6) is 0.0282. The average Bonchev–Trinajstić information content (AvgIpc) is 2.72. The average molecular weight is 449 g/mol. The zero-order valence-corrected chi connectivity index (χ0v) is 17.8. The van der Waals surface area contributed by atoms with Crippen LogP contribution in [0.15, 0.2) is 36.4 Å². The van der Waals surface area contributed by atoms with Crippen molar-refractivity contribution in [3.8, 4) is 0 Å². The molecule has 3 heterocycles. The third kappa shape index (κ3) is 4.04. The first kappa shape index (κ1) is 21.4. The fourth-order valence-corrected chi connectivity index (χ4v) is 4.20. The van der Waals surface area contributed by atoms with Crippen molar-refractivity contribution in [3.63, 3.8) is 0 Å². The molecule has 2 aromatic rings. The fourth-order valence-electron chi connectivity index (χ4n) is 3.89. The van der Waals surface area contributed by atoms with Crippen LogP contribution in [0.2, 0.25) is 5.02 Å². The van der Waals surface area contributed by atoms with Gasteiger partial charge < -0.3 is 9.80 Å². The van der Waals surface area contributed by atoms with Gasteiger partial charge in [-0.15, -0.1) is 0 Å². The molecule has 1 aromatic carbocycles. The molecular weight excluding hydrogens is 429 g/mol. The number of hydrogen-bond donors (Lipinski definition) is 0. The number of rotatable bonds is 2. The smallest absolute Gasteiger partial charge is 0.369 e. The summed E-state index contributed by atoms with van der Waals surface area (Å²) < 4.78 is 39.6. The maximum absolute atomic E-state index is 13.2. The van der Waals surface area contributed by atoms with Gasteiger partial charge in [-0.05, 0) is 31.6 Å². The molecule has 0 bridgehead atoms. The Labute approximate surface area is 182 Å². The molecule has 1 aromatic heterocycles. The predicted molar refractivity (Wildman–Crippen MR) is 111 cm³/mol. The minimum Gasteiger partial charge on any atom is -0.369 e. The molecule has 5 nitrogen and oxygen atoms in total. The number of allylic oxidation sites excluding steroid dienone is 2. The lowest BCUT2D eigenvalue weighted by molar-refractivity contribution is -0.137. The normalized spacial score (nSPS) is 16.3. The second kappa shape index (κ2) is 8.00. The van der Waals surface area contributed by atoms with Gasteiger partial charge in [0.1, 0.15) is 5.82 Å². The van der Waals surface area contributed by atoms with Crippen molar-refractivity contribution >= 4 is 23.2 Å². The van der Waals surface area contributed by atoms with Gasteiger partial charge in [-0.25, -0.2) is 9.97 Å². The first-order valence-corrected chi connectivity index (χ1v) is 10.1. The van der Waals surface area contributed by atoms with Crippen LogP contribution in [0, 0.1) is 6.92 Å². The van der Waals surface area contributed by atoms with Crippen LogP contribution in [0.4, 0.5) is 13.2 Å². The molecule has 0 unspecified atom stereocenters. The molecule has 4 rings (SSSR count). The Kier molecular flexibility index (Phi) is 5.51. The molecule has 2 aliphatic rings. The molecular formula is C22H20ClF3N4O. The van der Waals surface area contributed by atoms with E-state index < -0.39 is 22.7 Å². The Hall–Kier alpha value is -2.87. The maximum atomic E-state index is 13.2. The lowest BCUT2D eigenvalue weighted by Crippen LogP contribution is -2.38. The van der Waals surface area contributed by atoms with Gasteiger partial charge in [0, 0.05) is 25.7 Å². The van der Waals surface area contributed by atoms with Gasteiger partial charge in [0.2, 0.25) is 0 Å². The number of benzene rings is 1. The summed E-state index contributed by atoms with van der Waals surface area (Å²) in [6.07, 6.45) is 1.89. The summed E-state index contributed by atoms with van der Waals surface area (Å²) >= 11 is 5.96. The molecule has 0 spiro atoms. The summed E-state index contributed by atoms with van der Waals surface area (Å²) in [6, 6.07) is 3.39. The number of likely N-dealkylation sites (N-methyl/N-ethyl adjacent to an activating group) is 1. The number of aromatic nitrogens is 2. The highest BCUT2D eigenvalue weighted by molar-refractivity contribution is 6.34. The summed E-state index contributed by atoms with van der Waals surface area (Å²) in [5, 5.41) is -0.578. The second-order valence-electron chi connectivity index (χ2n) is 7.55. The van der Waals surface area contributed by atoms with E-state index in [1.54, 1.807) is 6.92 Å². The van der Waals surface area contributed by atoms with Crippen LogP contribution in [0.3, 0.4) is 0 Å². The van der Waals surface area contributed by atoms with Crippen molar-refractivity contribution in [2.75, 3.05) is 20.1 Å². The van der Waals surface area contributed by atoms with Gasteiger partial charge in [-0.3, -0.25) is 4.79 Å². The topological polar surface area (TPSA) is 49.3 Å². The van der Waals surface area contributed by atoms with E-state index in [2.05, 4.69) is 14.9 Å². The van der Waals surface area contributed by atoms with E-state index in [9.17, 15) is 18.0 Å². The molecule has 31 heavy (non-hydrogen) atoms. The highest BCUT2D eigenvalue weighted by Gasteiger charge is 2.36. The quantitative estimate of drug-likeness (QED) is 0.679. The molecule has 0 fully saturated rings. The van der Waals surface area contributed by atoms with Gasteiger partial charge in [0.25, 0.3) is 5.91 Å². The van der Waals surface area contributed by atoms with Crippen molar-refractivity contribution in [1.82, 2.24) is 19.8 Å². The Morgan fingerprint density at radius 3 is 2.71 bits per heavy atom. The molecule has 0 N–H and O–H groups in total. The minimum atomic E-state index is -4.63. The van der Waals surface area contributed by atoms with Crippen molar-refractivity contribution in [1.29, 1.82) is 0 Å². The Morgan fingerprint density at radius 2 is 2.00 bits per heavy atom. The van der Waals surface area contributed by atoms with Gasteiger partial charge in [-0.2, -0.15) is 13.2 Å². The van der Waals surface area contributed by atoms with Crippen LogP contribution in [0.25, 0.3) is 5.70 Å². The number of carbonyl (C=O) groups excluding carboxylic acids is 1. The standard InChI is InChI=1S/C22H20ClF3N4O/c1-13-27-17-12-30(21(31)15-6-5-7-16(19(15)23)22(24,25)26)11-9-14(17)20(28-13)18-8-3-4-10-29(18)2/h3-8H,9-12H2,1-2H3. The minimum absolute atomic E-state index is 0.161. The number of fused-ring (bicyclic) bond motifs is 1. The van der Waals surface area contributed by atoms with Crippen LogP contribution in [0.5, 0.6) is 0 Å². The first-order valence-electron chi connectivity index (χ1n) is 9.76. The number of hydrogen-bond acceptors (Lipinski definition) is 4. The van der Waals surface area contributed by atoms with Gasteiger partial charge in [-0.1, -0.05) is 29.8 Å². The number of nitrogens with zero attached hydrogens (tertiary/aromatic N) is 4. The number of aryl methyl sites for hydroxylation is 1. The highest BCUT2D eigenvalue weighted by atomic mass is 35.5. The van der Waals surface area contributed by atoms with Crippen LogP contribution in [0.1, 0.15) is 38.7 Å². The summed E-state index contributed by atoms with van der Waals surface area (Å²) in [6.45, 7) is 3.07. The molecule has 0 atom stereocenters. The Balaban J connectivity index is 1.67. The van der Waals surface area contributed by atoms with E-state index in [-0.39, 0.29) is 12.1 Å². The van der Waals surface area contributed by atoms with Crippen LogP contribution >= 0.6 is 11.6 Å². The van der Waals surface area contributed by atoms with Gasteiger partial charge >= 0.3 is 6.18 Å². The monoisotopic (exact) mass is 448 g/mol. The summed E-state index contributed by atoms with van der Waals surface area (Å²) in [7, 11) is 1.98. The summed E-state index contributed by atoms with van der Waals surface area (Å²) in [5.41, 5.74) is 2.29. The SMILES string of the molecule is Cc1nc2c(c(C3=CC=CCN3C)n1)CCN(C(=O)c1cccc(C(F)(F)F)c1Cl)C2. The number of alkyl halides is 3. The molecule has 0 saturated carbocycles. The number of carbonyl (C=O) groups is 1. The van der Waals surface area contributed by atoms with E-state index in [4.69, 9.17) is 11.6 Å². The van der Waals surface area contributed by atoms with E-state index in [1.165, 1.54) is 17.0 Å². The molecule has 2 aliphatic heterocycles. The zero-order chi connectivity index (χ0) is 22.3. The van der Waals surface area contributed by atoms with E-state index in [0.29, 0.717) is 24.5 Å². The highest BCUT2D eigenvalue weighted by Crippen LogP contribution is 2.37. The second-order valence-corrected chi connectivity index (χ2v) is 7.92. The van der Waals surface area contributed by atoms with Crippen molar-refractivity contribution in [3.05, 3.63) is 75.4 Å². The van der Waals surface area contributed by atoms with Gasteiger partial charge in [0.05, 0.1) is 39.8 Å². The van der Waals surface area contributed by atoms with Crippen LogP contribution < -0.4 is 0 Å². The Bertz CT molecular complexity index is 1110. The largest absolute Gasteiger partial charge is 0.417 e. The Morgan fingerprint density at radius 1 is 1.23 bits per heavy atom. The van der Waals surface area contributed by atoms with Crippen LogP contribution in [-0.4, -0.2) is 45.8 Å². The molecule has 162 valence electrons. The third-order valence-corrected chi connectivity index (χ3v) is 5.83. The van der Waals surface area contributed by atoms with E-state index in [0.717, 1.165) is 29.6 Å². The first-order chi connectivity index (χ1) is 14.7. The molecule has 1 amide bonds. The van der Waals surface area contributed by atoms with E-state index >= 15 is 0 Å². The maximum Gasteiger partial charge on any atom is 0.417 e.